The van der Waals surface area contributed by atoms with Crippen LogP contribution in [0, 0.1) is 56.7 Å². The Morgan fingerprint density at radius 2 is 1.72 bits per heavy atom. The van der Waals surface area contributed by atoms with Crippen LogP contribution >= 0.6 is 0 Å². The van der Waals surface area contributed by atoms with Gasteiger partial charge in [-0.05, 0) is 129 Å². The lowest BCUT2D eigenvalue weighted by molar-refractivity contribution is -0.276. The predicted octanol–water partition coefficient (Wildman–Crippen LogP) is 9.71. The highest BCUT2D eigenvalue weighted by Gasteiger charge is 2.68. The minimum absolute atomic E-state index is 0.0201. The second-order valence-electron chi connectivity index (χ2n) is 20.4. The van der Waals surface area contributed by atoms with Gasteiger partial charge in [-0.3, -0.25) is 14.4 Å². The summed E-state index contributed by atoms with van der Waals surface area (Å²) < 4.78 is 50.2. The maximum atomic E-state index is 14.2. The van der Waals surface area contributed by atoms with Crippen LogP contribution in [0.4, 0.5) is 13.2 Å². The number of carbonyl (C=O) groups excluding carboxylic acids is 2. The number of hydrogen-bond donors (Lipinski definition) is 1. The first-order valence-electron chi connectivity index (χ1n) is 21.3. The van der Waals surface area contributed by atoms with Crippen molar-refractivity contribution in [1.29, 1.82) is 0 Å². The van der Waals surface area contributed by atoms with Gasteiger partial charge in [0.05, 0.1) is 11.8 Å². The number of ketones is 1. The number of ether oxygens (including phenoxy) is 2. The summed E-state index contributed by atoms with van der Waals surface area (Å²) in [6, 6.07) is 2.66. The predicted molar refractivity (Wildman–Crippen MR) is 210 cm³/mol. The van der Waals surface area contributed by atoms with Crippen LogP contribution in [-0.2, 0) is 32.6 Å². The third-order valence-corrected chi connectivity index (χ3v) is 16.4. The van der Waals surface area contributed by atoms with E-state index >= 15 is 0 Å². The van der Waals surface area contributed by atoms with Crippen LogP contribution in [0.2, 0.25) is 0 Å². The summed E-state index contributed by atoms with van der Waals surface area (Å²) in [6.07, 6.45) is 5.86. The number of hydrogen-bond acceptors (Lipinski definition) is 8. The van der Waals surface area contributed by atoms with E-state index in [1.807, 2.05) is 11.6 Å². The third kappa shape index (κ3) is 6.97. The van der Waals surface area contributed by atoms with E-state index in [9.17, 15) is 32.7 Å². The maximum Gasteiger partial charge on any atom is 0.574 e. The van der Waals surface area contributed by atoms with Crippen LogP contribution in [0.3, 0.4) is 0 Å². The lowest BCUT2D eigenvalue weighted by atomic mass is 9.35. The molecule has 0 aliphatic heterocycles. The number of Topliss-reactive ketones (excluding diaryl/α,β-unsaturated/α-hetero) is 1. The summed E-state index contributed by atoms with van der Waals surface area (Å²) in [5, 5.41) is 18.7. The number of fused-ring (bicyclic) bond motifs is 7. The van der Waals surface area contributed by atoms with Crippen LogP contribution < -0.4 is 4.74 Å². The van der Waals surface area contributed by atoms with Gasteiger partial charge in [0.2, 0.25) is 5.88 Å². The molecule has 13 heteroatoms. The minimum Gasteiger partial charge on any atom is -0.481 e. The molecule has 4 saturated carbocycles. The van der Waals surface area contributed by atoms with Gasteiger partial charge in [-0.15, -0.1) is 23.4 Å². The lowest BCUT2D eigenvalue weighted by Gasteiger charge is -2.69. The van der Waals surface area contributed by atoms with Crippen LogP contribution in [0.25, 0.3) is 11.4 Å². The number of pyridine rings is 1. The van der Waals surface area contributed by atoms with E-state index in [0.29, 0.717) is 36.1 Å². The Bertz CT molecular complexity index is 1990. The summed E-state index contributed by atoms with van der Waals surface area (Å²) in [6.45, 7) is 17.1. The molecule has 0 spiro atoms. The zero-order valence-corrected chi connectivity index (χ0v) is 35.6. The highest BCUT2D eigenvalue weighted by Crippen LogP contribution is 2.75. The molecule has 5 aliphatic carbocycles. The Hall–Kier alpha value is -3.77. The van der Waals surface area contributed by atoms with Crippen molar-refractivity contribution in [1.82, 2.24) is 19.7 Å². The summed E-state index contributed by atoms with van der Waals surface area (Å²) in [7, 11) is 1.86. The van der Waals surface area contributed by atoms with Crippen molar-refractivity contribution in [3.05, 3.63) is 35.3 Å². The largest absolute Gasteiger partial charge is 0.574 e. The van der Waals surface area contributed by atoms with E-state index in [2.05, 4.69) is 61.5 Å². The van der Waals surface area contributed by atoms with E-state index in [-0.39, 0.29) is 52.3 Å². The zero-order valence-electron chi connectivity index (χ0n) is 35.6. The molecule has 0 bridgehead atoms. The van der Waals surface area contributed by atoms with Gasteiger partial charge in [-0.2, -0.15) is 0 Å². The average Bonchev–Trinajstić information content (AvgIpc) is 3.59. The topological polar surface area (TPSA) is 134 Å². The highest BCUT2D eigenvalue weighted by molar-refractivity contribution is 6.00. The van der Waals surface area contributed by atoms with Crippen molar-refractivity contribution in [2.75, 3.05) is 0 Å². The molecule has 0 aromatic carbocycles. The summed E-state index contributed by atoms with van der Waals surface area (Å²) >= 11 is 0. The zero-order chi connectivity index (χ0) is 42.4. The number of aliphatic carboxylic acids is 1. The van der Waals surface area contributed by atoms with Gasteiger partial charge in [0.15, 0.2) is 11.6 Å². The first-order chi connectivity index (χ1) is 26.9. The summed E-state index contributed by atoms with van der Waals surface area (Å²) in [5.74, 6) is 0.891. The van der Waals surface area contributed by atoms with Crippen molar-refractivity contribution in [2.45, 2.75) is 145 Å². The molecule has 0 saturated heterocycles. The first kappa shape index (κ1) is 42.4. The number of nitrogens with zero attached hydrogens (tertiary/aromatic N) is 4. The van der Waals surface area contributed by atoms with Crippen molar-refractivity contribution in [3.8, 4) is 17.3 Å². The van der Waals surface area contributed by atoms with Gasteiger partial charge < -0.3 is 19.1 Å². The Labute approximate surface area is 340 Å². The molecule has 2 aromatic heterocycles. The fourth-order valence-electron chi connectivity index (χ4n) is 13.1. The molecule has 1 N–H and O–H groups in total. The molecule has 5 aliphatic rings. The van der Waals surface area contributed by atoms with Crippen molar-refractivity contribution in [2.24, 2.45) is 63.7 Å². The average molecular weight is 811 g/mol. The quantitative estimate of drug-likeness (QED) is 0.246. The Morgan fingerprint density at radius 3 is 2.36 bits per heavy atom. The molecule has 10 nitrogen and oxygen atoms in total. The number of allylic oxidation sites excluding steroid dienone is 2. The number of esters is 1. The van der Waals surface area contributed by atoms with Gasteiger partial charge in [-0.25, -0.2) is 4.98 Å². The molecule has 58 heavy (non-hydrogen) atoms. The molecule has 0 amide bonds. The Kier molecular flexibility index (Phi) is 10.6. The molecular weight excluding hydrogens is 750 g/mol. The lowest BCUT2D eigenvalue weighted by Crippen LogP contribution is -2.62. The van der Waals surface area contributed by atoms with Crippen LogP contribution in [0.1, 0.15) is 132 Å². The molecule has 4 fully saturated rings. The molecule has 1 unspecified atom stereocenters. The van der Waals surface area contributed by atoms with E-state index in [1.165, 1.54) is 23.9 Å². The second kappa shape index (κ2) is 14.5. The number of rotatable bonds is 9. The van der Waals surface area contributed by atoms with E-state index in [0.717, 1.165) is 69.2 Å². The molecule has 2 heterocycles. The van der Waals surface area contributed by atoms with Crippen molar-refractivity contribution in [3.63, 3.8) is 0 Å². The fraction of sp³-hybridized carbons (Fsp3) is 0.733. The van der Waals surface area contributed by atoms with Gasteiger partial charge in [0.1, 0.15) is 11.9 Å². The van der Waals surface area contributed by atoms with Crippen LogP contribution in [0.15, 0.2) is 29.5 Å². The smallest absolute Gasteiger partial charge is 0.481 e. The SMILES string of the molecule is CC(C)C1=C2[C@H]3CC[C@@H]4[C@@]5(C)CC[C@H](OC(=O)CC(C)(C)C(=O)O)C(C)C[C@@H]5CC[C@@]4(C)[C@]3(C)CC[C@@]2(Cc2nnc(-c3ccc(OC(F)(F)F)nc3)n2C)CC1=O. The van der Waals surface area contributed by atoms with Crippen molar-refractivity contribution < 1.29 is 42.1 Å². The van der Waals surface area contributed by atoms with Gasteiger partial charge >= 0.3 is 18.3 Å². The third-order valence-electron chi connectivity index (χ3n) is 16.4. The van der Waals surface area contributed by atoms with Crippen LogP contribution in [0.5, 0.6) is 5.88 Å². The normalized spacial score (nSPS) is 35.1. The van der Waals surface area contributed by atoms with E-state index < -0.39 is 35.0 Å². The molecule has 2 aromatic rings. The Morgan fingerprint density at radius 1 is 1.00 bits per heavy atom. The van der Waals surface area contributed by atoms with Crippen molar-refractivity contribution >= 4 is 17.7 Å². The standard InChI is InChI=1S/C45H61F3N4O6/c1-25(2)36-30(53)21-44(22-33-50-51-38(52(33)9)27-10-13-34(49-24-27)58-45(46,47)48)19-18-42(7)29(37(36)44)11-12-32-41(6)16-15-31(57-35(54)23-40(4,5)39(55)56)26(3)20-28(41)14-17-43(32,42)8/h10,13,24-26,28-29,31-32H,11-12,14-23H2,1-9H3,(H,55,56)/t26?,28-,29+,31-,32+,41-,42+,43+,44-/m0/s1. The molecule has 318 valence electrons. The van der Waals surface area contributed by atoms with E-state index in [1.54, 1.807) is 13.8 Å². The van der Waals surface area contributed by atoms with Gasteiger partial charge in [-0.1, -0.05) is 47.1 Å². The Balaban J connectivity index is 1.16. The number of aromatic nitrogens is 4. The first-order valence-corrected chi connectivity index (χ1v) is 21.3. The van der Waals surface area contributed by atoms with Gasteiger partial charge in [0, 0.05) is 43.1 Å². The minimum atomic E-state index is -4.84. The molecular formula is C45H61F3N4O6. The second-order valence-corrected chi connectivity index (χ2v) is 20.4. The monoisotopic (exact) mass is 810 g/mol. The number of carboxylic acids is 1. The number of halogens is 3. The van der Waals surface area contributed by atoms with Crippen LogP contribution in [-0.4, -0.2) is 55.0 Å². The summed E-state index contributed by atoms with van der Waals surface area (Å²) in [5.41, 5.74) is 1.28. The van der Waals surface area contributed by atoms with E-state index in [4.69, 9.17) is 4.74 Å². The number of carbonyl (C=O) groups is 3. The molecule has 0 radical (unpaired) electrons. The maximum absolute atomic E-state index is 14.2. The summed E-state index contributed by atoms with van der Waals surface area (Å²) in [4.78, 5) is 42.9. The fourth-order valence-corrected chi connectivity index (χ4v) is 13.1. The van der Waals surface area contributed by atoms with Gasteiger partial charge in [0.25, 0.3) is 0 Å². The molecule has 9 atom stereocenters. The number of carboxylic acid groups (broad SMARTS) is 1. The number of alkyl halides is 3. The molecule has 7 rings (SSSR count). The highest BCUT2D eigenvalue weighted by atomic mass is 19.4.